The number of carbonyl (C=O) groups excluding carboxylic acids is 2. The second-order valence-electron chi connectivity index (χ2n) is 3.17. The predicted molar refractivity (Wildman–Crippen MR) is 59.2 cm³/mol. The Bertz CT molecular complexity index is 418. The van der Waals surface area contributed by atoms with Crippen LogP contribution in [0.4, 0.5) is 4.39 Å². The highest BCUT2D eigenvalue weighted by Crippen LogP contribution is 2.15. The van der Waals surface area contributed by atoms with Gasteiger partial charge in [0.15, 0.2) is 5.78 Å². The van der Waals surface area contributed by atoms with Gasteiger partial charge in [-0.2, -0.15) is 0 Å². The minimum Gasteiger partial charge on any atom is -0.469 e. The first kappa shape index (κ1) is 12.7. The lowest BCUT2D eigenvalue weighted by Crippen LogP contribution is -2.06. The van der Waals surface area contributed by atoms with E-state index in [-0.39, 0.29) is 29.1 Å². The third kappa shape index (κ3) is 3.34. The number of hydrogen-bond donors (Lipinski definition) is 1. The van der Waals surface area contributed by atoms with Gasteiger partial charge in [0.1, 0.15) is 5.82 Å². The lowest BCUT2D eigenvalue weighted by Gasteiger charge is -2.02. The zero-order valence-corrected chi connectivity index (χ0v) is 9.59. The highest BCUT2D eigenvalue weighted by atomic mass is 32.1. The van der Waals surface area contributed by atoms with Crippen LogP contribution < -0.4 is 0 Å². The van der Waals surface area contributed by atoms with Crippen molar-refractivity contribution in [2.75, 3.05) is 7.11 Å². The van der Waals surface area contributed by atoms with Crippen LogP contribution in [0.2, 0.25) is 0 Å². The average Bonchev–Trinajstić information content (AvgIpc) is 2.29. The van der Waals surface area contributed by atoms with Gasteiger partial charge in [-0.25, -0.2) is 4.39 Å². The molecule has 0 amide bonds. The Morgan fingerprint density at radius 2 is 2.06 bits per heavy atom. The van der Waals surface area contributed by atoms with E-state index < -0.39 is 11.8 Å². The van der Waals surface area contributed by atoms with Crippen LogP contribution in [-0.4, -0.2) is 18.9 Å². The number of carbonyl (C=O) groups is 2. The first-order valence-corrected chi connectivity index (χ1v) is 5.08. The van der Waals surface area contributed by atoms with Crippen LogP contribution in [0.25, 0.3) is 0 Å². The Hall–Kier alpha value is -1.36. The number of ketones is 1. The number of hydrogen-bond acceptors (Lipinski definition) is 4. The number of methoxy groups -OCH3 is 1. The van der Waals surface area contributed by atoms with Crippen LogP contribution in [-0.2, 0) is 9.53 Å². The van der Waals surface area contributed by atoms with E-state index in [1.165, 1.54) is 19.2 Å². The predicted octanol–water partition coefficient (Wildman–Crippen LogP) is 2.25. The van der Waals surface area contributed by atoms with Crippen LogP contribution in [0.1, 0.15) is 23.2 Å². The maximum atomic E-state index is 13.1. The number of Topliss-reactive ketones (excluding diaryl/α,β-unsaturated/α-hetero) is 1. The van der Waals surface area contributed by atoms with E-state index in [4.69, 9.17) is 0 Å². The maximum absolute atomic E-state index is 13.1. The first-order chi connectivity index (χ1) is 7.54. The maximum Gasteiger partial charge on any atom is 0.305 e. The van der Waals surface area contributed by atoms with Crippen molar-refractivity contribution in [1.82, 2.24) is 0 Å². The number of ether oxygens (including phenoxy) is 1. The highest BCUT2D eigenvalue weighted by molar-refractivity contribution is 7.80. The van der Waals surface area contributed by atoms with E-state index in [2.05, 4.69) is 17.4 Å². The van der Waals surface area contributed by atoms with Gasteiger partial charge in [-0.1, -0.05) is 6.07 Å². The van der Waals surface area contributed by atoms with Gasteiger partial charge in [0.25, 0.3) is 0 Å². The summed E-state index contributed by atoms with van der Waals surface area (Å²) < 4.78 is 17.5. The van der Waals surface area contributed by atoms with E-state index in [0.29, 0.717) is 0 Å². The summed E-state index contributed by atoms with van der Waals surface area (Å²) in [6, 6.07) is 4.00. The zero-order chi connectivity index (χ0) is 12.1. The second-order valence-corrected chi connectivity index (χ2v) is 3.65. The van der Waals surface area contributed by atoms with Gasteiger partial charge in [0, 0.05) is 16.9 Å². The number of halogens is 1. The van der Waals surface area contributed by atoms with Gasteiger partial charge in [-0.15, -0.1) is 12.6 Å². The van der Waals surface area contributed by atoms with Crippen molar-refractivity contribution in [2.24, 2.45) is 0 Å². The molecule has 3 nitrogen and oxygen atoms in total. The number of esters is 1. The minimum atomic E-state index is -0.549. The van der Waals surface area contributed by atoms with Crippen molar-refractivity contribution in [3.05, 3.63) is 29.6 Å². The summed E-state index contributed by atoms with van der Waals surface area (Å²) >= 11 is 3.85. The Balaban J connectivity index is 2.66. The number of rotatable bonds is 4. The van der Waals surface area contributed by atoms with Crippen LogP contribution in [0.5, 0.6) is 0 Å². The Labute approximate surface area is 98.0 Å². The molecular weight excluding hydrogens is 231 g/mol. The number of benzene rings is 1. The largest absolute Gasteiger partial charge is 0.469 e. The molecule has 0 aliphatic heterocycles. The smallest absolute Gasteiger partial charge is 0.305 e. The molecule has 0 aliphatic rings. The first-order valence-electron chi connectivity index (χ1n) is 4.63. The van der Waals surface area contributed by atoms with Crippen LogP contribution in [0, 0.1) is 5.82 Å². The van der Waals surface area contributed by atoms with E-state index in [1.807, 2.05) is 0 Å². The molecule has 0 atom stereocenters. The molecule has 0 unspecified atom stereocenters. The lowest BCUT2D eigenvalue weighted by atomic mass is 10.1. The molecule has 86 valence electrons. The van der Waals surface area contributed by atoms with Crippen molar-refractivity contribution in [3.8, 4) is 0 Å². The van der Waals surface area contributed by atoms with E-state index >= 15 is 0 Å². The molecule has 1 rings (SSSR count). The average molecular weight is 242 g/mol. The third-order valence-corrected chi connectivity index (χ3v) is 2.42. The topological polar surface area (TPSA) is 43.4 Å². The van der Waals surface area contributed by atoms with Crippen LogP contribution >= 0.6 is 12.6 Å². The molecule has 1 aromatic rings. The standard InChI is InChI=1S/C11H11FO3S/c1-15-11(14)5-3-9(13)7-2-4-10(16)8(12)6-7/h2,4,6,16H,3,5H2,1H3. The summed E-state index contributed by atoms with van der Waals surface area (Å²) in [6.07, 6.45) is 0.0115. The number of thiol groups is 1. The van der Waals surface area contributed by atoms with Gasteiger partial charge < -0.3 is 4.74 Å². The van der Waals surface area contributed by atoms with Gasteiger partial charge in [0.2, 0.25) is 0 Å². The molecule has 5 heteroatoms. The summed E-state index contributed by atoms with van der Waals surface area (Å²) in [5.74, 6) is -1.30. The molecule has 0 saturated carbocycles. The molecular formula is C11H11FO3S. The van der Waals surface area contributed by atoms with E-state index in [9.17, 15) is 14.0 Å². The van der Waals surface area contributed by atoms with Gasteiger partial charge >= 0.3 is 5.97 Å². The SMILES string of the molecule is COC(=O)CCC(=O)c1ccc(S)c(F)c1. The quantitative estimate of drug-likeness (QED) is 0.500. The van der Waals surface area contributed by atoms with Gasteiger partial charge in [-0.3, -0.25) is 9.59 Å². The molecule has 0 aliphatic carbocycles. The van der Waals surface area contributed by atoms with E-state index in [0.717, 1.165) is 6.07 Å². The fourth-order valence-corrected chi connectivity index (χ4v) is 1.28. The summed E-state index contributed by atoms with van der Waals surface area (Å²) in [5, 5.41) is 0. The Morgan fingerprint density at radius 1 is 1.38 bits per heavy atom. The van der Waals surface area contributed by atoms with Crippen molar-refractivity contribution < 1.29 is 18.7 Å². The summed E-state index contributed by atoms with van der Waals surface area (Å²) in [7, 11) is 1.25. The van der Waals surface area contributed by atoms with Crippen molar-refractivity contribution in [2.45, 2.75) is 17.7 Å². The molecule has 1 aromatic carbocycles. The molecule has 0 heterocycles. The van der Waals surface area contributed by atoms with Crippen molar-refractivity contribution in [3.63, 3.8) is 0 Å². The monoisotopic (exact) mass is 242 g/mol. The molecule has 0 N–H and O–H groups in total. The summed E-state index contributed by atoms with van der Waals surface area (Å²) in [5.41, 5.74) is 0.235. The zero-order valence-electron chi connectivity index (χ0n) is 8.70. The van der Waals surface area contributed by atoms with Crippen molar-refractivity contribution >= 4 is 24.4 Å². The normalized spacial score (nSPS) is 9.94. The fourth-order valence-electron chi connectivity index (χ4n) is 1.14. The summed E-state index contributed by atoms with van der Waals surface area (Å²) in [4.78, 5) is 22.5. The molecule has 0 bridgehead atoms. The fraction of sp³-hybridized carbons (Fsp3) is 0.273. The molecule has 16 heavy (non-hydrogen) atoms. The van der Waals surface area contributed by atoms with Gasteiger partial charge in [-0.05, 0) is 12.1 Å². The lowest BCUT2D eigenvalue weighted by molar-refractivity contribution is -0.140. The highest BCUT2D eigenvalue weighted by Gasteiger charge is 2.11. The van der Waals surface area contributed by atoms with Gasteiger partial charge in [0.05, 0.1) is 13.5 Å². The third-order valence-electron chi connectivity index (χ3n) is 2.05. The molecule has 0 aromatic heterocycles. The van der Waals surface area contributed by atoms with E-state index in [1.54, 1.807) is 0 Å². The molecule has 0 spiro atoms. The molecule has 0 fully saturated rings. The summed E-state index contributed by atoms with van der Waals surface area (Å²) in [6.45, 7) is 0. The molecule has 0 radical (unpaired) electrons. The van der Waals surface area contributed by atoms with Crippen molar-refractivity contribution in [1.29, 1.82) is 0 Å². The Morgan fingerprint density at radius 3 is 2.62 bits per heavy atom. The second kappa shape index (κ2) is 5.65. The molecule has 0 saturated heterocycles. The van der Waals surface area contributed by atoms with Crippen LogP contribution in [0.3, 0.4) is 0 Å². The minimum absolute atomic E-state index is 0.000418. The van der Waals surface area contributed by atoms with Crippen LogP contribution in [0.15, 0.2) is 23.1 Å². The Kier molecular flexibility index (Phi) is 4.49.